The van der Waals surface area contributed by atoms with Crippen molar-refractivity contribution in [3.63, 3.8) is 0 Å². The molecule has 3 aromatic carbocycles. The summed E-state index contributed by atoms with van der Waals surface area (Å²) >= 11 is 1.62. The van der Waals surface area contributed by atoms with E-state index in [4.69, 9.17) is 4.74 Å². The summed E-state index contributed by atoms with van der Waals surface area (Å²) in [4.78, 5) is 49.5. The Morgan fingerprint density at radius 1 is 0.957 bits per heavy atom. The molecule has 6 atom stereocenters. The first-order chi connectivity index (χ1) is 22.9. The number of amides is 3. The molecular weight excluding hydrogens is 611 g/mol. The highest BCUT2D eigenvalue weighted by atomic mass is 32.2. The zero-order valence-electron chi connectivity index (χ0n) is 26.6. The molecule has 2 unspecified atom stereocenters. The molecule has 0 radical (unpaired) electrons. The first kappa shape index (κ1) is 32.6. The number of aliphatic hydroxyl groups is 1. The van der Waals surface area contributed by atoms with Crippen molar-refractivity contribution in [1.82, 2.24) is 4.90 Å². The molecule has 9 heteroatoms. The van der Waals surface area contributed by atoms with Gasteiger partial charge in [-0.1, -0.05) is 60.7 Å². The van der Waals surface area contributed by atoms with Gasteiger partial charge in [0.2, 0.25) is 11.8 Å². The van der Waals surface area contributed by atoms with E-state index in [0.717, 1.165) is 11.3 Å². The van der Waals surface area contributed by atoms with Crippen LogP contribution in [-0.4, -0.2) is 76.6 Å². The second-order valence-electron chi connectivity index (χ2n) is 12.3. The van der Waals surface area contributed by atoms with Crippen molar-refractivity contribution in [2.24, 2.45) is 11.8 Å². The van der Waals surface area contributed by atoms with Crippen molar-refractivity contribution in [3.05, 3.63) is 116 Å². The van der Waals surface area contributed by atoms with Gasteiger partial charge in [-0.15, -0.1) is 24.9 Å². The highest BCUT2D eigenvalue weighted by Gasteiger charge is 2.74. The number of methoxy groups -OCH3 is 1. The molecule has 244 valence electrons. The van der Waals surface area contributed by atoms with E-state index in [1.165, 1.54) is 0 Å². The molecular formula is C38H41N3O5S. The van der Waals surface area contributed by atoms with Crippen LogP contribution in [-0.2, 0) is 20.8 Å². The summed E-state index contributed by atoms with van der Waals surface area (Å²) in [6.45, 7) is 8.02. The molecule has 3 aliphatic rings. The molecule has 0 saturated carbocycles. The number of likely N-dealkylation sites (tertiary alicyclic amines) is 1. The van der Waals surface area contributed by atoms with E-state index in [9.17, 15) is 14.7 Å². The van der Waals surface area contributed by atoms with Crippen molar-refractivity contribution in [2.45, 2.75) is 41.3 Å². The number of benzene rings is 3. The number of carbonyl (C=O) groups is 3. The fraction of sp³-hybridized carbons (Fsp3) is 0.342. The first-order valence-corrected chi connectivity index (χ1v) is 16.9. The monoisotopic (exact) mass is 651 g/mol. The van der Waals surface area contributed by atoms with Crippen LogP contribution < -0.4 is 14.5 Å². The second-order valence-corrected chi connectivity index (χ2v) is 13.9. The van der Waals surface area contributed by atoms with E-state index in [-0.39, 0.29) is 36.1 Å². The minimum atomic E-state index is -0.889. The summed E-state index contributed by atoms with van der Waals surface area (Å²) in [5, 5.41) is 10.7. The van der Waals surface area contributed by atoms with Crippen LogP contribution in [0.25, 0.3) is 0 Å². The Labute approximate surface area is 280 Å². The van der Waals surface area contributed by atoms with Crippen LogP contribution in [0.2, 0.25) is 0 Å². The Morgan fingerprint density at radius 2 is 1.55 bits per heavy atom. The Kier molecular flexibility index (Phi) is 9.57. The maximum atomic E-state index is 15.0. The predicted octanol–water partition coefficient (Wildman–Crippen LogP) is 5.13. The molecule has 1 spiro atoms. The lowest BCUT2D eigenvalue weighted by Crippen LogP contribution is -2.58. The molecule has 47 heavy (non-hydrogen) atoms. The topological polar surface area (TPSA) is 90.4 Å². The molecule has 6 rings (SSSR count). The highest BCUT2D eigenvalue weighted by Crippen LogP contribution is 2.67. The zero-order valence-corrected chi connectivity index (χ0v) is 27.4. The molecule has 0 aliphatic carbocycles. The van der Waals surface area contributed by atoms with E-state index in [1.54, 1.807) is 57.9 Å². The quantitative estimate of drug-likeness (QED) is 0.258. The molecule has 3 aliphatic heterocycles. The van der Waals surface area contributed by atoms with Gasteiger partial charge in [-0.2, -0.15) is 0 Å². The number of nitrogens with zero attached hydrogens (tertiary/aromatic N) is 3. The molecule has 2 bridgehead atoms. The number of thioether (sulfide) groups is 1. The summed E-state index contributed by atoms with van der Waals surface area (Å²) in [6, 6.07) is 24.8. The van der Waals surface area contributed by atoms with Crippen LogP contribution in [0.5, 0.6) is 5.75 Å². The maximum Gasteiger partial charge on any atom is 0.251 e. The van der Waals surface area contributed by atoms with E-state index in [0.29, 0.717) is 37.2 Å². The van der Waals surface area contributed by atoms with Crippen molar-refractivity contribution < 1.29 is 24.2 Å². The first-order valence-electron chi connectivity index (χ1n) is 16.1. The van der Waals surface area contributed by atoms with Crippen LogP contribution in [0.1, 0.15) is 18.4 Å². The smallest absolute Gasteiger partial charge is 0.251 e. The number of hydrogen-bond acceptors (Lipinski definition) is 6. The average molecular weight is 652 g/mol. The van der Waals surface area contributed by atoms with Crippen LogP contribution in [0.3, 0.4) is 0 Å². The van der Waals surface area contributed by atoms with Crippen molar-refractivity contribution in [3.8, 4) is 5.75 Å². The fourth-order valence-corrected chi connectivity index (χ4v) is 9.98. The predicted molar refractivity (Wildman–Crippen MR) is 187 cm³/mol. The van der Waals surface area contributed by atoms with Gasteiger partial charge in [0.05, 0.1) is 36.3 Å². The van der Waals surface area contributed by atoms with Gasteiger partial charge in [0.1, 0.15) is 11.8 Å². The van der Waals surface area contributed by atoms with Gasteiger partial charge in [0.25, 0.3) is 5.91 Å². The summed E-state index contributed by atoms with van der Waals surface area (Å²) in [6.07, 6.45) is 5.07. The molecule has 3 amide bonds. The normalized spacial score (nSPS) is 24.8. The number of aliphatic hydroxyl groups excluding tert-OH is 1. The number of anilines is 2. The van der Waals surface area contributed by atoms with Gasteiger partial charge < -0.3 is 24.5 Å². The highest BCUT2D eigenvalue weighted by molar-refractivity contribution is 8.02. The number of carbonyl (C=O) groups excluding carboxylic acids is 3. The minimum absolute atomic E-state index is 0.111. The third kappa shape index (κ3) is 5.76. The largest absolute Gasteiger partial charge is 0.497 e. The van der Waals surface area contributed by atoms with Crippen LogP contribution in [0.4, 0.5) is 11.4 Å². The van der Waals surface area contributed by atoms with Gasteiger partial charge in [-0.25, -0.2) is 0 Å². The Hall–Kier alpha value is -4.34. The van der Waals surface area contributed by atoms with Gasteiger partial charge in [-0.3, -0.25) is 14.4 Å². The average Bonchev–Trinajstić information content (AvgIpc) is 3.76. The standard InChI is InChI=1S/C38H41N3O5S/c1-4-22-39(27-14-10-7-11-15-27)35(43)32-31-20-21-38(47-31)33(32)36(44)41(29(25-42)24-26-12-8-6-9-13-26)34(38)37(45)40(23-5-2)28-16-18-30(46-3)19-17-28/h4-19,29,31-34,42H,1-2,20-25H2,3H3/t29-,31-,32+,33+,34?,38?/m1/s1. The van der Waals surface area contributed by atoms with E-state index in [2.05, 4.69) is 13.2 Å². The molecule has 8 nitrogen and oxygen atoms in total. The number of fused-ring (bicyclic) bond motifs is 1. The second kappa shape index (κ2) is 13.8. The summed E-state index contributed by atoms with van der Waals surface area (Å²) in [5.74, 6) is -1.30. The molecule has 3 heterocycles. The van der Waals surface area contributed by atoms with Crippen LogP contribution in [0.15, 0.2) is 110 Å². The lowest BCUT2D eigenvalue weighted by Gasteiger charge is -2.39. The SMILES string of the molecule is C=CCN(C(=O)C1N([C@@H](CO)Cc2ccccc2)C(=O)[C@@H]2[C@@H](C(=O)N(CC=C)c3ccccc3)[C@H]3CCC12S3)c1ccc(OC)cc1. The number of rotatable bonds is 13. The molecule has 3 fully saturated rings. The third-order valence-electron chi connectivity index (χ3n) is 9.78. The Bertz CT molecular complexity index is 1620. The van der Waals surface area contributed by atoms with Crippen molar-refractivity contribution in [2.75, 3.05) is 36.6 Å². The van der Waals surface area contributed by atoms with Crippen LogP contribution in [0, 0.1) is 11.8 Å². The van der Waals surface area contributed by atoms with Crippen molar-refractivity contribution in [1.29, 1.82) is 0 Å². The van der Waals surface area contributed by atoms with Gasteiger partial charge >= 0.3 is 0 Å². The summed E-state index contributed by atoms with van der Waals surface area (Å²) in [5.41, 5.74) is 2.34. The molecule has 3 saturated heterocycles. The minimum Gasteiger partial charge on any atom is -0.497 e. The Morgan fingerprint density at radius 3 is 2.15 bits per heavy atom. The van der Waals surface area contributed by atoms with Gasteiger partial charge in [0.15, 0.2) is 0 Å². The van der Waals surface area contributed by atoms with E-state index in [1.807, 2.05) is 72.8 Å². The van der Waals surface area contributed by atoms with E-state index >= 15 is 4.79 Å². The molecule has 1 N–H and O–H groups in total. The lowest BCUT2D eigenvalue weighted by molar-refractivity contribution is -0.141. The Balaban J connectivity index is 1.44. The van der Waals surface area contributed by atoms with E-state index < -0.39 is 28.7 Å². The zero-order chi connectivity index (χ0) is 33.1. The third-order valence-corrected chi connectivity index (χ3v) is 11.7. The summed E-state index contributed by atoms with van der Waals surface area (Å²) in [7, 11) is 1.59. The van der Waals surface area contributed by atoms with Crippen molar-refractivity contribution >= 4 is 40.9 Å². The molecule has 0 aromatic heterocycles. The van der Waals surface area contributed by atoms with Gasteiger partial charge in [-0.05, 0) is 61.2 Å². The number of ether oxygens (including phenoxy) is 1. The lowest BCUT2D eigenvalue weighted by atomic mass is 9.70. The fourth-order valence-electron chi connectivity index (χ4n) is 7.78. The number of hydrogen-bond donors (Lipinski definition) is 1. The van der Waals surface area contributed by atoms with Crippen LogP contribution >= 0.6 is 11.8 Å². The maximum absolute atomic E-state index is 15.0. The van der Waals surface area contributed by atoms with Gasteiger partial charge in [0, 0.05) is 29.7 Å². The number of para-hydroxylation sites is 1. The molecule has 3 aromatic rings. The summed E-state index contributed by atoms with van der Waals surface area (Å²) < 4.78 is 4.52.